The Labute approximate surface area is 141 Å². The Morgan fingerprint density at radius 3 is 2.40 bits per heavy atom. The second-order valence-corrected chi connectivity index (χ2v) is 5.25. The van der Waals surface area contributed by atoms with Crippen LogP contribution in [0, 0.1) is 5.82 Å². The lowest BCUT2D eigenvalue weighted by molar-refractivity contribution is -0.137. The molecule has 4 nitrogen and oxygen atoms in total. The third-order valence-corrected chi connectivity index (χ3v) is 3.42. The van der Waals surface area contributed by atoms with Crippen molar-refractivity contribution in [3.8, 4) is 22.6 Å². The summed E-state index contributed by atoms with van der Waals surface area (Å²) in [7, 11) is 1.32. The molecule has 2 N–H and O–H groups in total. The zero-order valence-corrected chi connectivity index (χ0v) is 13.4. The Morgan fingerprint density at radius 1 is 1.16 bits per heavy atom. The van der Waals surface area contributed by atoms with Crippen molar-refractivity contribution in [1.82, 2.24) is 0 Å². The highest BCUT2D eigenvalue weighted by molar-refractivity contribution is 5.79. The van der Waals surface area contributed by atoms with Gasteiger partial charge in [-0.15, -0.1) is 0 Å². The standard InChI is InChI=1S/C17H15F4NO3/c1-9(16(22)23)25-13-6-10(5-11(7-13)17(19,20)21)14-8-12(18)3-4-15(14)24-2/h3-9H,1-2H3,(H2,22,23). The number of ether oxygens (including phenoxy) is 2. The quantitative estimate of drug-likeness (QED) is 0.829. The van der Waals surface area contributed by atoms with Crippen LogP contribution in [-0.4, -0.2) is 19.1 Å². The smallest absolute Gasteiger partial charge is 0.416 e. The van der Waals surface area contributed by atoms with E-state index in [0.717, 1.165) is 24.3 Å². The molecule has 0 aliphatic carbocycles. The van der Waals surface area contributed by atoms with Gasteiger partial charge in [0.05, 0.1) is 12.7 Å². The predicted molar refractivity (Wildman–Crippen MR) is 82.7 cm³/mol. The van der Waals surface area contributed by atoms with E-state index in [-0.39, 0.29) is 22.6 Å². The van der Waals surface area contributed by atoms with Gasteiger partial charge in [0.25, 0.3) is 5.91 Å². The Morgan fingerprint density at radius 2 is 1.84 bits per heavy atom. The van der Waals surface area contributed by atoms with Crippen molar-refractivity contribution in [1.29, 1.82) is 0 Å². The monoisotopic (exact) mass is 357 g/mol. The number of benzene rings is 2. The molecule has 1 atom stereocenters. The number of hydrogen-bond donors (Lipinski definition) is 1. The molecule has 2 aromatic carbocycles. The van der Waals surface area contributed by atoms with Crippen molar-refractivity contribution in [2.45, 2.75) is 19.2 Å². The maximum atomic E-state index is 13.5. The lowest BCUT2D eigenvalue weighted by Crippen LogP contribution is -2.30. The molecule has 0 fully saturated rings. The first-order valence-electron chi connectivity index (χ1n) is 7.14. The molecule has 134 valence electrons. The van der Waals surface area contributed by atoms with E-state index in [1.807, 2.05) is 0 Å². The number of hydrogen-bond acceptors (Lipinski definition) is 3. The van der Waals surface area contributed by atoms with Crippen LogP contribution in [0.1, 0.15) is 12.5 Å². The minimum atomic E-state index is -4.66. The first kappa shape index (κ1) is 18.6. The van der Waals surface area contributed by atoms with Gasteiger partial charge in [-0.05, 0) is 48.9 Å². The number of nitrogens with two attached hydrogens (primary N) is 1. The van der Waals surface area contributed by atoms with Crippen LogP contribution in [0.2, 0.25) is 0 Å². The van der Waals surface area contributed by atoms with Crippen molar-refractivity contribution in [3.63, 3.8) is 0 Å². The van der Waals surface area contributed by atoms with Crippen LogP contribution < -0.4 is 15.2 Å². The summed E-state index contributed by atoms with van der Waals surface area (Å²) in [4.78, 5) is 11.1. The SMILES string of the molecule is COc1ccc(F)cc1-c1cc(OC(C)C(N)=O)cc(C(F)(F)F)c1. The average Bonchev–Trinajstić information content (AvgIpc) is 2.53. The van der Waals surface area contributed by atoms with E-state index in [1.54, 1.807) is 0 Å². The molecule has 2 aromatic rings. The summed E-state index contributed by atoms with van der Waals surface area (Å²) in [5.74, 6) is -1.50. The number of rotatable bonds is 5. The number of carbonyl (C=O) groups excluding carboxylic acids is 1. The van der Waals surface area contributed by atoms with Crippen molar-refractivity contribution < 1.29 is 31.8 Å². The van der Waals surface area contributed by atoms with Crippen LogP contribution in [0.15, 0.2) is 36.4 Å². The molecule has 25 heavy (non-hydrogen) atoms. The summed E-state index contributed by atoms with van der Waals surface area (Å²) in [6, 6.07) is 6.33. The van der Waals surface area contributed by atoms with E-state index in [4.69, 9.17) is 15.2 Å². The molecule has 8 heteroatoms. The first-order valence-corrected chi connectivity index (χ1v) is 7.14. The number of amides is 1. The predicted octanol–water partition coefficient (Wildman–Crippen LogP) is 3.77. The second-order valence-electron chi connectivity index (χ2n) is 5.25. The molecule has 0 aromatic heterocycles. The van der Waals surface area contributed by atoms with Gasteiger partial charge in [-0.1, -0.05) is 0 Å². The molecule has 0 saturated heterocycles. The summed E-state index contributed by atoms with van der Waals surface area (Å²) >= 11 is 0. The number of primary amides is 1. The number of carbonyl (C=O) groups is 1. The highest BCUT2D eigenvalue weighted by Crippen LogP contribution is 2.38. The van der Waals surface area contributed by atoms with Crippen molar-refractivity contribution >= 4 is 5.91 Å². The van der Waals surface area contributed by atoms with Gasteiger partial charge in [-0.25, -0.2) is 4.39 Å². The highest BCUT2D eigenvalue weighted by atomic mass is 19.4. The van der Waals surface area contributed by atoms with Crippen molar-refractivity contribution in [2.24, 2.45) is 5.73 Å². The number of halogens is 4. The van der Waals surface area contributed by atoms with Crippen LogP contribution in [0.25, 0.3) is 11.1 Å². The topological polar surface area (TPSA) is 61.6 Å². The van der Waals surface area contributed by atoms with E-state index in [0.29, 0.717) is 0 Å². The van der Waals surface area contributed by atoms with Gasteiger partial charge < -0.3 is 15.2 Å². The molecule has 0 aliphatic heterocycles. The molecule has 0 spiro atoms. The van der Waals surface area contributed by atoms with Crippen molar-refractivity contribution in [2.75, 3.05) is 7.11 Å². The fraction of sp³-hybridized carbons (Fsp3) is 0.235. The zero-order chi connectivity index (χ0) is 18.8. The van der Waals surface area contributed by atoms with Crippen LogP contribution in [-0.2, 0) is 11.0 Å². The largest absolute Gasteiger partial charge is 0.496 e. The van der Waals surface area contributed by atoms with Crippen LogP contribution in [0.5, 0.6) is 11.5 Å². The Balaban J connectivity index is 2.61. The fourth-order valence-corrected chi connectivity index (χ4v) is 2.15. The van der Waals surface area contributed by atoms with E-state index < -0.39 is 29.6 Å². The fourth-order valence-electron chi connectivity index (χ4n) is 2.15. The summed E-state index contributed by atoms with van der Waals surface area (Å²) in [5.41, 5.74) is 4.20. The van der Waals surface area contributed by atoms with Gasteiger partial charge in [0.1, 0.15) is 17.3 Å². The van der Waals surface area contributed by atoms with Crippen LogP contribution in [0.4, 0.5) is 17.6 Å². The van der Waals surface area contributed by atoms with Gasteiger partial charge in [-0.3, -0.25) is 4.79 Å². The summed E-state index contributed by atoms with van der Waals surface area (Å²) in [6.45, 7) is 1.31. The molecule has 0 radical (unpaired) electrons. The zero-order valence-electron chi connectivity index (χ0n) is 13.4. The Bertz CT molecular complexity index is 790. The van der Waals surface area contributed by atoms with Crippen molar-refractivity contribution in [3.05, 3.63) is 47.8 Å². The maximum absolute atomic E-state index is 13.5. The summed E-state index contributed by atoms with van der Waals surface area (Å²) < 4.78 is 63.3. The molecule has 2 rings (SSSR count). The Hall–Kier alpha value is -2.77. The first-order chi connectivity index (χ1) is 11.6. The van der Waals surface area contributed by atoms with Gasteiger partial charge in [0.15, 0.2) is 6.10 Å². The van der Waals surface area contributed by atoms with E-state index in [2.05, 4.69) is 0 Å². The third-order valence-electron chi connectivity index (χ3n) is 3.42. The van der Waals surface area contributed by atoms with Gasteiger partial charge in [0.2, 0.25) is 0 Å². The lowest BCUT2D eigenvalue weighted by atomic mass is 10.0. The van der Waals surface area contributed by atoms with E-state index >= 15 is 0 Å². The molecule has 0 aliphatic rings. The molecule has 0 heterocycles. The highest BCUT2D eigenvalue weighted by Gasteiger charge is 2.32. The third kappa shape index (κ3) is 4.40. The molecular weight excluding hydrogens is 342 g/mol. The van der Waals surface area contributed by atoms with Crippen LogP contribution >= 0.6 is 0 Å². The number of methoxy groups -OCH3 is 1. The summed E-state index contributed by atoms with van der Waals surface area (Å²) in [5, 5.41) is 0. The lowest BCUT2D eigenvalue weighted by Gasteiger charge is -2.17. The maximum Gasteiger partial charge on any atom is 0.416 e. The normalized spacial score (nSPS) is 12.6. The van der Waals surface area contributed by atoms with Crippen LogP contribution in [0.3, 0.4) is 0 Å². The van der Waals surface area contributed by atoms with Gasteiger partial charge in [0, 0.05) is 5.56 Å². The van der Waals surface area contributed by atoms with Gasteiger partial charge >= 0.3 is 6.18 Å². The number of alkyl halides is 3. The Kier molecular flexibility index (Phi) is 5.20. The molecular formula is C17H15F4NO3. The average molecular weight is 357 g/mol. The molecule has 1 amide bonds. The summed E-state index contributed by atoms with van der Waals surface area (Å²) in [6.07, 6.45) is -5.80. The molecule has 1 unspecified atom stereocenters. The minimum absolute atomic E-state index is 0.0258. The molecule has 0 saturated carbocycles. The molecule has 0 bridgehead atoms. The van der Waals surface area contributed by atoms with Gasteiger partial charge in [-0.2, -0.15) is 13.2 Å². The van der Waals surface area contributed by atoms with E-state index in [1.165, 1.54) is 26.2 Å². The minimum Gasteiger partial charge on any atom is -0.496 e. The van der Waals surface area contributed by atoms with E-state index in [9.17, 15) is 22.4 Å². The second kappa shape index (κ2) is 7.00.